The Morgan fingerprint density at radius 3 is 2.82 bits per heavy atom. The first-order valence-electron chi connectivity index (χ1n) is 7.86. The number of amides is 1. The summed E-state index contributed by atoms with van der Waals surface area (Å²) in [6.45, 7) is -0.675. The molecule has 1 amide bonds. The summed E-state index contributed by atoms with van der Waals surface area (Å²) in [6.07, 6.45) is 2.59. The van der Waals surface area contributed by atoms with Crippen molar-refractivity contribution in [3.63, 3.8) is 0 Å². The number of esters is 1. The summed E-state index contributed by atoms with van der Waals surface area (Å²) < 4.78 is 19.4. The zero-order chi connectivity index (χ0) is 20.1. The third kappa shape index (κ3) is 4.74. The predicted octanol–water partition coefficient (Wildman–Crippen LogP) is 3.54. The van der Waals surface area contributed by atoms with Gasteiger partial charge in [-0.25, -0.2) is 14.2 Å². The van der Waals surface area contributed by atoms with E-state index in [9.17, 15) is 24.1 Å². The highest BCUT2D eigenvalue weighted by Gasteiger charge is 2.14. The van der Waals surface area contributed by atoms with Crippen LogP contribution in [0.25, 0.3) is 16.3 Å². The predicted molar refractivity (Wildman–Crippen MR) is 101 cm³/mol. The topological polar surface area (TPSA) is 111 Å². The van der Waals surface area contributed by atoms with Crippen LogP contribution in [0.4, 0.5) is 15.8 Å². The third-order valence-electron chi connectivity index (χ3n) is 3.45. The quantitative estimate of drug-likeness (QED) is 0.293. The van der Waals surface area contributed by atoms with Gasteiger partial charge in [0.05, 0.1) is 20.8 Å². The molecule has 0 aliphatic carbocycles. The molecule has 0 atom stereocenters. The van der Waals surface area contributed by atoms with Crippen LogP contribution in [-0.2, 0) is 14.3 Å². The molecule has 0 radical (unpaired) electrons. The van der Waals surface area contributed by atoms with Crippen molar-refractivity contribution in [3.05, 3.63) is 69.5 Å². The lowest BCUT2D eigenvalue weighted by Gasteiger charge is -2.06. The first kappa shape index (κ1) is 19.1. The van der Waals surface area contributed by atoms with Crippen molar-refractivity contribution < 1.29 is 23.6 Å². The van der Waals surface area contributed by atoms with Gasteiger partial charge in [0.2, 0.25) is 0 Å². The van der Waals surface area contributed by atoms with E-state index in [1.54, 1.807) is 0 Å². The number of halogens is 1. The highest BCUT2D eigenvalue weighted by molar-refractivity contribution is 7.19. The smallest absolute Gasteiger partial charge is 0.331 e. The molecule has 3 rings (SSSR count). The van der Waals surface area contributed by atoms with Gasteiger partial charge in [-0.15, -0.1) is 11.3 Å². The van der Waals surface area contributed by atoms with Crippen molar-refractivity contribution in [2.45, 2.75) is 0 Å². The number of nitrogens with one attached hydrogen (secondary N) is 1. The van der Waals surface area contributed by atoms with Gasteiger partial charge in [-0.05, 0) is 24.3 Å². The molecule has 0 aliphatic heterocycles. The second kappa shape index (κ2) is 8.35. The number of fused-ring (bicyclic) bond motifs is 1. The van der Waals surface area contributed by atoms with Gasteiger partial charge in [0.1, 0.15) is 10.8 Å². The number of rotatable bonds is 6. The van der Waals surface area contributed by atoms with Gasteiger partial charge in [-0.3, -0.25) is 14.9 Å². The first-order chi connectivity index (χ1) is 13.4. The number of anilines is 1. The molecule has 2 aromatic carbocycles. The molecule has 8 nitrogen and oxygen atoms in total. The summed E-state index contributed by atoms with van der Waals surface area (Å²) in [4.78, 5) is 37.8. The SMILES string of the molecule is O=C(COC(=O)/C=C/c1nc2ccccc2s1)Nc1cc([N+](=O)[O-])ccc1F. The molecule has 1 N–H and O–H groups in total. The summed E-state index contributed by atoms with van der Waals surface area (Å²) in [5.41, 5.74) is 0.0478. The monoisotopic (exact) mass is 401 g/mol. The molecule has 1 aromatic heterocycles. The van der Waals surface area contributed by atoms with Gasteiger partial charge < -0.3 is 10.1 Å². The molecular weight excluding hydrogens is 389 g/mol. The fourth-order valence-electron chi connectivity index (χ4n) is 2.19. The number of carbonyl (C=O) groups is 2. The van der Waals surface area contributed by atoms with Crippen LogP contribution in [0.15, 0.2) is 48.5 Å². The number of non-ortho nitro benzene ring substituents is 1. The molecule has 0 aliphatic rings. The lowest BCUT2D eigenvalue weighted by atomic mass is 10.2. The van der Waals surface area contributed by atoms with Crippen molar-refractivity contribution >= 4 is 50.9 Å². The highest BCUT2D eigenvalue weighted by atomic mass is 32.1. The zero-order valence-electron chi connectivity index (χ0n) is 14.1. The maximum atomic E-state index is 13.6. The number of thiazole rings is 1. The molecule has 10 heteroatoms. The maximum Gasteiger partial charge on any atom is 0.331 e. The van der Waals surface area contributed by atoms with Gasteiger partial charge in [0.15, 0.2) is 6.61 Å². The molecule has 28 heavy (non-hydrogen) atoms. The van der Waals surface area contributed by atoms with Gasteiger partial charge in [0, 0.05) is 18.2 Å². The molecule has 0 saturated carbocycles. The minimum atomic E-state index is -0.846. The number of nitrogens with zero attached hydrogens (tertiary/aromatic N) is 2. The Bertz CT molecular complexity index is 1060. The number of carbonyl (C=O) groups excluding carboxylic acids is 2. The lowest BCUT2D eigenvalue weighted by molar-refractivity contribution is -0.384. The fourth-order valence-corrected chi connectivity index (χ4v) is 3.06. The van der Waals surface area contributed by atoms with E-state index in [-0.39, 0.29) is 11.4 Å². The average molecular weight is 401 g/mol. The van der Waals surface area contributed by atoms with Crippen molar-refractivity contribution in [2.24, 2.45) is 0 Å². The van der Waals surface area contributed by atoms with Gasteiger partial charge in [0.25, 0.3) is 11.6 Å². The Hall–Kier alpha value is -3.66. The van der Waals surface area contributed by atoms with Gasteiger partial charge >= 0.3 is 5.97 Å². The Balaban J connectivity index is 1.55. The standard InChI is InChI=1S/C18H12FN3O5S/c19-12-6-5-11(22(25)26)9-14(12)20-16(23)10-27-18(24)8-7-17-21-13-3-1-2-4-15(13)28-17/h1-9H,10H2,(H,20,23)/b8-7+. The fraction of sp³-hybridized carbons (Fsp3) is 0.0556. The Morgan fingerprint density at radius 2 is 2.07 bits per heavy atom. The van der Waals surface area contributed by atoms with Crippen molar-refractivity contribution in [1.29, 1.82) is 0 Å². The van der Waals surface area contributed by atoms with Gasteiger partial charge in [-0.2, -0.15) is 0 Å². The molecular formula is C18H12FN3O5S. The summed E-state index contributed by atoms with van der Waals surface area (Å²) in [6, 6.07) is 10.2. The Kier molecular flexibility index (Phi) is 5.70. The van der Waals surface area contributed by atoms with Crippen molar-refractivity contribution in [3.8, 4) is 0 Å². The second-order valence-corrected chi connectivity index (χ2v) is 6.49. The number of hydrogen-bond acceptors (Lipinski definition) is 7. The maximum absolute atomic E-state index is 13.6. The van der Waals surface area contributed by atoms with E-state index < -0.39 is 29.2 Å². The molecule has 3 aromatic rings. The molecule has 0 unspecified atom stereocenters. The van der Waals surface area contributed by atoms with E-state index >= 15 is 0 Å². The highest BCUT2D eigenvalue weighted by Crippen LogP contribution is 2.22. The van der Waals surface area contributed by atoms with Crippen LogP contribution in [-0.4, -0.2) is 28.4 Å². The molecule has 0 bridgehead atoms. The van der Waals surface area contributed by atoms with Crippen LogP contribution in [0.2, 0.25) is 0 Å². The van der Waals surface area contributed by atoms with E-state index in [4.69, 9.17) is 4.74 Å². The number of ether oxygens (including phenoxy) is 1. The average Bonchev–Trinajstić information content (AvgIpc) is 3.09. The Labute approximate surface area is 161 Å². The number of aromatic nitrogens is 1. The molecule has 142 valence electrons. The summed E-state index contributed by atoms with van der Waals surface area (Å²) in [5.74, 6) is -2.46. The summed E-state index contributed by atoms with van der Waals surface area (Å²) in [5, 5.41) is 13.4. The van der Waals surface area contributed by atoms with Crippen LogP contribution in [0.5, 0.6) is 0 Å². The molecule has 0 saturated heterocycles. The molecule has 1 heterocycles. The van der Waals surface area contributed by atoms with E-state index in [1.807, 2.05) is 24.3 Å². The number of hydrogen-bond donors (Lipinski definition) is 1. The van der Waals surface area contributed by atoms with Crippen LogP contribution in [0, 0.1) is 15.9 Å². The second-order valence-electron chi connectivity index (χ2n) is 5.43. The number of para-hydroxylation sites is 1. The minimum Gasteiger partial charge on any atom is -0.452 e. The lowest BCUT2D eigenvalue weighted by Crippen LogP contribution is -2.20. The van der Waals surface area contributed by atoms with E-state index in [1.165, 1.54) is 17.4 Å². The van der Waals surface area contributed by atoms with E-state index in [0.717, 1.165) is 34.5 Å². The largest absolute Gasteiger partial charge is 0.452 e. The summed E-state index contributed by atoms with van der Waals surface area (Å²) >= 11 is 1.39. The zero-order valence-corrected chi connectivity index (χ0v) is 14.9. The normalized spacial score (nSPS) is 10.9. The third-order valence-corrected chi connectivity index (χ3v) is 4.45. The van der Waals surface area contributed by atoms with Crippen LogP contribution in [0.1, 0.15) is 5.01 Å². The van der Waals surface area contributed by atoms with Crippen LogP contribution < -0.4 is 5.32 Å². The van der Waals surface area contributed by atoms with Crippen molar-refractivity contribution in [1.82, 2.24) is 4.98 Å². The number of nitro benzene ring substituents is 1. The Morgan fingerprint density at radius 1 is 1.29 bits per heavy atom. The summed E-state index contributed by atoms with van der Waals surface area (Å²) in [7, 11) is 0. The van der Waals surface area contributed by atoms with E-state index in [0.29, 0.717) is 5.01 Å². The van der Waals surface area contributed by atoms with Crippen LogP contribution in [0.3, 0.4) is 0 Å². The van der Waals surface area contributed by atoms with Crippen molar-refractivity contribution in [2.75, 3.05) is 11.9 Å². The van der Waals surface area contributed by atoms with Crippen LogP contribution >= 0.6 is 11.3 Å². The first-order valence-corrected chi connectivity index (χ1v) is 8.68. The van der Waals surface area contributed by atoms with E-state index in [2.05, 4.69) is 10.3 Å². The van der Waals surface area contributed by atoms with Gasteiger partial charge in [-0.1, -0.05) is 12.1 Å². The molecule has 0 spiro atoms. The number of benzene rings is 2. The minimum absolute atomic E-state index is 0.375. The number of nitro groups is 1. The molecule has 0 fully saturated rings.